The van der Waals surface area contributed by atoms with E-state index in [4.69, 9.17) is 33.1 Å². The van der Waals surface area contributed by atoms with E-state index in [1.54, 1.807) is 47.8 Å². The number of benzene rings is 1. The van der Waals surface area contributed by atoms with Crippen molar-refractivity contribution in [3.05, 3.63) is 48.4 Å². The Kier molecular flexibility index (Phi) is 14.2. The van der Waals surface area contributed by atoms with Crippen LogP contribution in [0.4, 0.5) is 11.5 Å². The van der Waals surface area contributed by atoms with Crippen LogP contribution in [-0.2, 0) is 37.8 Å². The summed E-state index contributed by atoms with van der Waals surface area (Å²) in [5.74, 6) is 0.349. The van der Waals surface area contributed by atoms with Crippen molar-refractivity contribution in [2.75, 3.05) is 24.3 Å². The summed E-state index contributed by atoms with van der Waals surface area (Å²) in [7, 11) is -7.98. The molecule has 3 unspecified atom stereocenters. The van der Waals surface area contributed by atoms with Gasteiger partial charge in [-0.15, -0.1) is 4.52 Å². The molecule has 4 rings (SSSR count). The molecular weight excluding hydrogens is 768 g/mol. The number of esters is 1. The van der Waals surface area contributed by atoms with Crippen molar-refractivity contribution in [1.82, 2.24) is 14.6 Å². The highest BCUT2D eigenvalue weighted by molar-refractivity contribution is 7.33. The van der Waals surface area contributed by atoms with E-state index >= 15 is 0 Å². The van der Waals surface area contributed by atoms with Crippen molar-refractivity contribution in [2.45, 2.75) is 141 Å². The third kappa shape index (κ3) is 9.81. The van der Waals surface area contributed by atoms with E-state index in [1.165, 1.54) is 6.33 Å². The zero-order chi connectivity index (χ0) is 41.9. The van der Waals surface area contributed by atoms with Crippen LogP contribution in [0.15, 0.2) is 42.7 Å². The molecule has 1 aliphatic rings. The summed E-state index contributed by atoms with van der Waals surface area (Å²) in [4.78, 5) is 16.9. The molecule has 1 saturated heterocycles. The predicted octanol–water partition coefficient (Wildman–Crippen LogP) is 8.74. The number of rotatable bonds is 17. The second-order valence-corrected chi connectivity index (χ2v) is 28.0. The molecule has 0 spiro atoms. The zero-order valence-corrected chi connectivity index (χ0v) is 38.2. The van der Waals surface area contributed by atoms with Crippen LogP contribution in [0.1, 0.15) is 80.8 Å². The average molecular weight is 830 g/mol. The van der Waals surface area contributed by atoms with Crippen LogP contribution in [0.5, 0.6) is 5.75 Å². The molecule has 0 amide bonds. The first-order valence-electron chi connectivity index (χ1n) is 19.4. The Balaban J connectivity index is 1.68. The molecular formula is C39H62N6O8PSi2+. The highest BCUT2D eigenvalue weighted by Crippen LogP contribution is 2.50. The number of anilines is 2. The van der Waals surface area contributed by atoms with Crippen LogP contribution in [0.25, 0.3) is 5.52 Å². The minimum atomic E-state index is -2.78. The lowest BCUT2D eigenvalue weighted by Gasteiger charge is -2.44. The minimum Gasteiger partial charge on any atom is -0.464 e. The molecule has 3 heterocycles. The number of fused-ring (bicyclic) bond motifs is 1. The van der Waals surface area contributed by atoms with Gasteiger partial charge in [0, 0.05) is 4.57 Å². The van der Waals surface area contributed by atoms with Crippen molar-refractivity contribution >= 4 is 47.9 Å². The minimum absolute atomic E-state index is 0.219. The number of hydrogen-bond acceptors (Lipinski definition) is 13. The predicted molar refractivity (Wildman–Crippen MR) is 222 cm³/mol. The Morgan fingerprint density at radius 1 is 1.05 bits per heavy atom. The van der Waals surface area contributed by atoms with Gasteiger partial charge >= 0.3 is 14.2 Å². The van der Waals surface area contributed by atoms with Gasteiger partial charge in [0.15, 0.2) is 22.5 Å². The van der Waals surface area contributed by atoms with Crippen molar-refractivity contribution in [1.29, 1.82) is 5.26 Å². The first kappa shape index (κ1) is 45.3. The standard InChI is InChI=1S/C39H62N6O8PSi2/c1-14-27(15-2)22-48-36(46)26(3)44-28-18-16-17-19-30(28)51-54(47)49-23-31-33(52-55(10,11)37(4,5)6)34(53-56(12,13)38(7,8)9)39(24-40,50-31)32-21-20-29-35(41)42-25-43-45(29)32/h16-21,25-27,31,33-34,44H,14-15,22-23H2,1-13H3,(H2,41,42,43)/q+1/t26-,31+,33?,34?,39-/m0/s1. The molecule has 1 fully saturated rings. The van der Waals surface area contributed by atoms with Gasteiger partial charge in [-0.2, -0.15) is 10.4 Å². The van der Waals surface area contributed by atoms with Gasteiger partial charge < -0.3 is 29.4 Å². The second kappa shape index (κ2) is 17.6. The highest BCUT2D eigenvalue weighted by Gasteiger charge is 2.63. The monoisotopic (exact) mass is 829 g/mol. The van der Waals surface area contributed by atoms with Crippen molar-refractivity contribution < 1.29 is 36.7 Å². The van der Waals surface area contributed by atoms with E-state index in [2.05, 4.69) is 103 Å². The van der Waals surface area contributed by atoms with E-state index in [0.29, 0.717) is 29.4 Å². The Labute approximate surface area is 335 Å². The lowest BCUT2D eigenvalue weighted by Crippen LogP contribution is -2.56. The molecule has 56 heavy (non-hydrogen) atoms. The largest absolute Gasteiger partial charge is 0.750 e. The number of nitrogen functional groups attached to an aromatic ring is 1. The lowest BCUT2D eigenvalue weighted by molar-refractivity contribution is -0.145. The fourth-order valence-corrected chi connectivity index (χ4v) is 9.10. The second-order valence-electron chi connectivity index (χ2n) is 17.6. The molecule has 0 saturated carbocycles. The number of nitriles is 1. The van der Waals surface area contributed by atoms with Crippen LogP contribution in [0.3, 0.4) is 0 Å². The summed E-state index contributed by atoms with van der Waals surface area (Å²) in [6, 6.07) is 12.1. The number of nitrogens with two attached hydrogens (primary N) is 1. The van der Waals surface area contributed by atoms with Crippen LogP contribution >= 0.6 is 8.25 Å². The molecule has 308 valence electrons. The molecule has 3 N–H and O–H groups in total. The Hall–Kier alpha value is -3.43. The zero-order valence-electron chi connectivity index (χ0n) is 35.3. The van der Waals surface area contributed by atoms with Crippen molar-refractivity contribution in [3.8, 4) is 11.8 Å². The summed E-state index contributed by atoms with van der Waals surface area (Å²) in [6.45, 7) is 27.2. The fraction of sp³-hybridized carbons (Fsp3) is 0.641. The van der Waals surface area contributed by atoms with E-state index < -0.39 is 60.8 Å². The number of carbonyl (C=O) groups is 1. The molecule has 3 aromatic rings. The maximum Gasteiger partial charge on any atom is 0.750 e. The normalized spacial score (nSPS) is 21.5. The number of hydrogen-bond donors (Lipinski definition) is 2. The maximum atomic E-state index is 13.6. The molecule has 0 bridgehead atoms. The van der Waals surface area contributed by atoms with Crippen molar-refractivity contribution in [2.24, 2.45) is 5.92 Å². The summed E-state index contributed by atoms with van der Waals surface area (Å²) in [5, 5.41) is 18.4. The topological polar surface area (TPSA) is 182 Å². The van der Waals surface area contributed by atoms with Crippen LogP contribution in [0.2, 0.25) is 36.3 Å². The van der Waals surface area contributed by atoms with E-state index in [0.717, 1.165) is 12.8 Å². The molecule has 2 aromatic heterocycles. The number of para-hydroxylation sites is 2. The summed E-state index contributed by atoms with van der Waals surface area (Å²) in [6.07, 6.45) is 0.467. The smallest absolute Gasteiger partial charge is 0.464 e. The molecule has 17 heteroatoms. The molecule has 0 aliphatic carbocycles. The highest BCUT2D eigenvalue weighted by atomic mass is 31.1. The van der Waals surface area contributed by atoms with Gasteiger partial charge in [-0.1, -0.05) is 80.4 Å². The van der Waals surface area contributed by atoms with Crippen molar-refractivity contribution in [3.63, 3.8) is 0 Å². The van der Waals surface area contributed by atoms with Crippen LogP contribution in [0, 0.1) is 17.2 Å². The molecule has 0 radical (unpaired) electrons. The Bertz CT molecular complexity index is 1890. The number of nitrogens with zero attached hydrogens (tertiary/aromatic N) is 4. The van der Waals surface area contributed by atoms with Crippen LogP contribution < -0.4 is 15.6 Å². The third-order valence-corrected chi connectivity index (χ3v) is 21.3. The molecule has 1 aliphatic heterocycles. The molecule has 6 atom stereocenters. The Morgan fingerprint density at radius 2 is 1.68 bits per heavy atom. The first-order valence-corrected chi connectivity index (χ1v) is 26.3. The van der Waals surface area contributed by atoms with Gasteiger partial charge in [-0.05, 0) is 73.4 Å². The third-order valence-electron chi connectivity index (χ3n) is 11.6. The number of ether oxygens (including phenoxy) is 2. The van der Waals surface area contributed by atoms with E-state index in [9.17, 15) is 14.6 Å². The first-order chi connectivity index (χ1) is 26.0. The molecule has 14 nitrogen and oxygen atoms in total. The van der Waals surface area contributed by atoms with Gasteiger partial charge in [0.25, 0.3) is 0 Å². The Morgan fingerprint density at radius 3 is 2.29 bits per heavy atom. The quantitative estimate of drug-likeness (QED) is 0.0749. The van der Waals surface area contributed by atoms with Gasteiger partial charge in [0.2, 0.25) is 11.4 Å². The summed E-state index contributed by atoms with van der Waals surface area (Å²) in [5.41, 5.74) is 5.83. The van der Waals surface area contributed by atoms with E-state index in [1.807, 2.05) is 0 Å². The average Bonchev–Trinajstić information content (AvgIpc) is 3.67. The fourth-order valence-electron chi connectivity index (χ4n) is 5.86. The molecule has 1 aromatic carbocycles. The van der Waals surface area contributed by atoms with Gasteiger partial charge in [0.1, 0.15) is 48.9 Å². The van der Waals surface area contributed by atoms with Gasteiger partial charge in [0.05, 0.1) is 18.0 Å². The van der Waals surface area contributed by atoms with E-state index in [-0.39, 0.29) is 28.3 Å². The number of carbonyl (C=O) groups excluding carboxylic acids is 1. The number of aromatic nitrogens is 3. The summed E-state index contributed by atoms with van der Waals surface area (Å²) < 4.78 is 53.7. The van der Waals surface area contributed by atoms with Gasteiger partial charge in [-0.3, -0.25) is 0 Å². The number of nitrogens with one attached hydrogen (secondary N) is 1. The SMILES string of the molecule is CCC(CC)COC(=O)[C@H](C)Nc1ccccc1O[P+](=O)OC[C@H]1O[C@@](C#N)(c2ccc3c(N)ncnn23)C(O[Si](C)(C)C(C)(C)C)C1O[Si](C)(C)C(C)(C)C. The van der Waals surface area contributed by atoms with Crippen LogP contribution in [-0.4, -0.2) is 74.8 Å². The maximum absolute atomic E-state index is 13.6. The van der Waals surface area contributed by atoms with Gasteiger partial charge in [-0.25, -0.2) is 18.8 Å². The summed E-state index contributed by atoms with van der Waals surface area (Å²) >= 11 is 0. The lowest BCUT2D eigenvalue weighted by atomic mass is 9.92.